The molecule has 0 radical (unpaired) electrons. The highest BCUT2D eigenvalue weighted by atomic mass is 35.5. The minimum atomic E-state index is -0.416. The van der Waals surface area contributed by atoms with E-state index in [0.717, 1.165) is 26.2 Å². The van der Waals surface area contributed by atoms with Crippen LogP contribution < -0.4 is 11.1 Å². The van der Waals surface area contributed by atoms with Gasteiger partial charge in [0.1, 0.15) is 0 Å². The maximum absolute atomic E-state index is 11.5. The number of halogens is 1. The highest BCUT2D eigenvalue weighted by Gasteiger charge is 2.33. The molecule has 108 valence electrons. The number of rotatable bonds is 7. The lowest BCUT2D eigenvalue weighted by atomic mass is 9.83. The first-order valence-electron chi connectivity index (χ1n) is 6.71. The van der Waals surface area contributed by atoms with E-state index in [9.17, 15) is 4.79 Å². The number of nitrogens with one attached hydrogen (secondary N) is 1. The molecule has 1 aliphatic rings. The average molecular weight is 279 g/mol. The first kappa shape index (κ1) is 17.7. The fourth-order valence-corrected chi connectivity index (χ4v) is 2.51. The topological polar surface area (TPSA) is 64.3 Å². The standard InChI is InChI=1S/C13H26N2O2.ClH/c1-3-17-9-8-13(6-4-5-7-13)10-15-12(16)11(2)14;/h11H,3-10,14H2,1-2H3,(H,15,16);1H/t11-;/m1./s1. The second kappa shape index (κ2) is 8.73. The molecule has 4 nitrogen and oxygen atoms in total. The molecule has 0 aromatic heterocycles. The minimum Gasteiger partial charge on any atom is -0.382 e. The van der Waals surface area contributed by atoms with Gasteiger partial charge in [-0.15, -0.1) is 12.4 Å². The summed E-state index contributed by atoms with van der Waals surface area (Å²) in [5, 5.41) is 2.97. The summed E-state index contributed by atoms with van der Waals surface area (Å²) in [4.78, 5) is 11.5. The summed E-state index contributed by atoms with van der Waals surface area (Å²) in [6.07, 6.45) is 5.96. The Labute approximate surface area is 116 Å². The molecule has 1 fully saturated rings. The van der Waals surface area contributed by atoms with E-state index < -0.39 is 6.04 Å². The van der Waals surface area contributed by atoms with Gasteiger partial charge < -0.3 is 15.8 Å². The monoisotopic (exact) mass is 278 g/mol. The van der Waals surface area contributed by atoms with Gasteiger partial charge in [0.15, 0.2) is 0 Å². The van der Waals surface area contributed by atoms with Crippen LogP contribution in [0.1, 0.15) is 46.0 Å². The number of hydrogen-bond donors (Lipinski definition) is 2. The molecule has 0 aromatic carbocycles. The van der Waals surface area contributed by atoms with Crippen LogP contribution in [0, 0.1) is 5.41 Å². The summed E-state index contributed by atoms with van der Waals surface area (Å²) in [6.45, 7) is 6.04. The van der Waals surface area contributed by atoms with Crippen LogP contribution in [-0.2, 0) is 9.53 Å². The number of carbonyl (C=O) groups excluding carboxylic acids is 1. The number of nitrogens with two attached hydrogens (primary N) is 1. The van der Waals surface area contributed by atoms with Crippen molar-refractivity contribution < 1.29 is 9.53 Å². The van der Waals surface area contributed by atoms with Crippen LogP contribution in [0.25, 0.3) is 0 Å². The van der Waals surface area contributed by atoms with E-state index in [-0.39, 0.29) is 23.7 Å². The van der Waals surface area contributed by atoms with Crippen molar-refractivity contribution in [3.05, 3.63) is 0 Å². The summed E-state index contributed by atoms with van der Waals surface area (Å²) in [5.74, 6) is -0.0484. The summed E-state index contributed by atoms with van der Waals surface area (Å²) < 4.78 is 5.44. The van der Waals surface area contributed by atoms with Crippen molar-refractivity contribution in [2.24, 2.45) is 11.1 Å². The third-order valence-electron chi connectivity index (χ3n) is 3.70. The van der Waals surface area contributed by atoms with Crippen molar-refractivity contribution in [1.82, 2.24) is 5.32 Å². The summed E-state index contributed by atoms with van der Waals surface area (Å²) >= 11 is 0. The molecular formula is C13H27ClN2O2. The van der Waals surface area contributed by atoms with Crippen LogP contribution in [0.4, 0.5) is 0 Å². The molecule has 0 aliphatic heterocycles. The average Bonchev–Trinajstić information content (AvgIpc) is 2.75. The van der Waals surface area contributed by atoms with Gasteiger partial charge in [-0.25, -0.2) is 0 Å². The Morgan fingerprint density at radius 2 is 2.06 bits per heavy atom. The largest absolute Gasteiger partial charge is 0.382 e. The Hall–Kier alpha value is -0.320. The molecule has 0 saturated heterocycles. The lowest BCUT2D eigenvalue weighted by Gasteiger charge is -2.29. The highest BCUT2D eigenvalue weighted by Crippen LogP contribution is 2.40. The smallest absolute Gasteiger partial charge is 0.236 e. The minimum absolute atomic E-state index is 0. The first-order valence-corrected chi connectivity index (χ1v) is 6.71. The van der Waals surface area contributed by atoms with E-state index >= 15 is 0 Å². The predicted molar refractivity (Wildman–Crippen MR) is 75.9 cm³/mol. The van der Waals surface area contributed by atoms with E-state index in [1.54, 1.807) is 6.92 Å². The molecule has 18 heavy (non-hydrogen) atoms. The van der Waals surface area contributed by atoms with Gasteiger partial charge in [-0.1, -0.05) is 12.8 Å². The molecule has 1 amide bonds. The zero-order valence-electron chi connectivity index (χ0n) is 11.5. The quantitative estimate of drug-likeness (QED) is 0.699. The van der Waals surface area contributed by atoms with E-state index in [4.69, 9.17) is 10.5 Å². The van der Waals surface area contributed by atoms with Crippen molar-refractivity contribution in [3.63, 3.8) is 0 Å². The van der Waals surface area contributed by atoms with Crippen LogP contribution in [0.3, 0.4) is 0 Å². The molecular weight excluding hydrogens is 252 g/mol. The molecule has 0 heterocycles. The third kappa shape index (κ3) is 5.55. The van der Waals surface area contributed by atoms with Gasteiger partial charge in [0.25, 0.3) is 0 Å². The fraction of sp³-hybridized carbons (Fsp3) is 0.923. The number of carbonyl (C=O) groups is 1. The Morgan fingerprint density at radius 3 is 2.56 bits per heavy atom. The zero-order chi connectivity index (χ0) is 12.7. The van der Waals surface area contributed by atoms with Crippen molar-refractivity contribution in [3.8, 4) is 0 Å². The molecule has 0 spiro atoms. The molecule has 5 heteroatoms. The maximum Gasteiger partial charge on any atom is 0.236 e. The number of hydrogen-bond acceptors (Lipinski definition) is 3. The Morgan fingerprint density at radius 1 is 1.44 bits per heavy atom. The van der Waals surface area contributed by atoms with Crippen molar-refractivity contribution in [1.29, 1.82) is 0 Å². The van der Waals surface area contributed by atoms with Crippen LogP contribution in [0.15, 0.2) is 0 Å². The molecule has 0 bridgehead atoms. The molecule has 0 aromatic rings. The lowest BCUT2D eigenvalue weighted by Crippen LogP contribution is -2.43. The van der Waals surface area contributed by atoms with Crippen molar-refractivity contribution in [2.45, 2.75) is 52.0 Å². The van der Waals surface area contributed by atoms with Crippen LogP contribution >= 0.6 is 12.4 Å². The second-order valence-electron chi connectivity index (χ2n) is 5.16. The highest BCUT2D eigenvalue weighted by molar-refractivity contribution is 5.85. The Kier molecular flexibility index (Phi) is 8.57. The van der Waals surface area contributed by atoms with E-state index in [1.807, 2.05) is 6.92 Å². The van der Waals surface area contributed by atoms with Gasteiger partial charge in [0, 0.05) is 19.8 Å². The SMILES string of the molecule is CCOCCC1(CNC(=O)[C@@H](C)N)CCCC1.Cl. The summed E-state index contributed by atoms with van der Waals surface area (Å²) in [6, 6.07) is -0.416. The van der Waals surface area contributed by atoms with Crippen LogP contribution in [0.5, 0.6) is 0 Å². The molecule has 1 atom stereocenters. The van der Waals surface area contributed by atoms with E-state index in [1.165, 1.54) is 25.7 Å². The normalized spacial score (nSPS) is 19.1. The maximum atomic E-state index is 11.5. The molecule has 1 saturated carbocycles. The van der Waals surface area contributed by atoms with Gasteiger partial charge in [-0.2, -0.15) is 0 Å². The summed E-state index contributed by atoms with van der Waals surface area (Å²) in [5.41, 5.74) is 5.80. The number of amides is 1. The van der Waals surface area contributed by atoms with Gasteiger partial charge in [0.2, 0.25) is 5.91 Å². The van der Waals surface area contributed by atoms with Crippen molar-refractivity contribution in [2.75, 3.05) is 19.8 Å². The van der Waals surface area contributed by atoms with Gasteiger partial charge >= 0.3 is 0 Å². The second-order valence-corrected chi connectivity index (χ2v) is 5.16. The predicted octanol–water partition coefficient (Wildman–Crippen LogP) is 1.86. The molecule has 0 unspecified atom stereocenters. The Balaban J connectivity index is 0.00000289. The van der Waals surface area contributed by atoms with Crippen molar-refractivity contribution >= 4 is 18.3 Å². The molecule has 1 aliphatic carbocycles. The van der Waals surface area contributed by atoms with Gasteiger partial charge in [-0.3, -0.25) is 4.79 Å². The zero-order valence-corrected chi connectivity index (χ0v) is 12.4. The van der Waals surface area contributed by atoms with Crippen LogP contribution in [0.2, 0.25) is 0 Å². The van der Waals surface area contributed by atoms with E-state index in [2.05, 4.69) is 5.32 Å². The number of ether oxygens (including phenoxy) is 1. The third-order valence-corrected chi connectivity index (χ3v) is 3.70. The van der Waals surface area contributed by atoms with Gasteiger partial charge in [0.05, 0.1) is 6.04 Å². The first-order chi connectivity index (χ1) is 8.09. The lowest BCUT2D eigenvalue weighted by molar-refractivity contribution is -0.122. The van der Waals surface area contributed by atoms with Gasteiger partial charge in [-0.05, 0) is 38.5 Å². The van der Waals surface area contributed by atoms with Crippen LogP contribution in [-0.4, -0.2) is 31.7 Å². The Bertz CT molecular complexity index is 241. The molecule has 1 rings (SSSR count). The fourth-order valence-electron chi connectivity index (χ4n) is 2.51. The molecule has 3 N–H and O–H groups in total. The summed E-state index contributed by atoms with van der Waals surface area (Å²) in [7, 11) is 0. The van der Waals surface area contributed by atoms with E-state index in [0.29, 0.717) is 0 Å².